The van der Waals surface area contributed by atoms with Gasteiger partial charge in [-0.3, -0.25) is 14.9 Å². The van der Waals surface area contributed by atoms with Crippen LogP contribution in [0, 0.1) is 0 Å². The minimum atomic E-state index is -0.755. The van der Waals surface area contributed by atoms with Crippen LogP contribution in [0.3, 0.4) is 0 Å². The molecule has 1 aliphatic heterocycles. The molecule has 1 saturated heterocycles. The molecule has 132 valence electrons. The number of rotatable bonds is 5. The molecule has 0 bridgehead atoms. The minimum Gasteiger partial charge on any atom is -0.372 e. The lowest BCUT2D eigenvalue weighted by atomic mass is 10.1. The predicted octanol–water partition coefficient (Wildman–Crippen LogP) is 1.96. The number of anilines is 2. The van der Waals surface area contributed by atoms with Crippen LogP contribution < -0.4 is 15.5 Å². The van der Waals surface area contributed by atoms with Crippen LogP contribution in [-0.2, 0) is 16.0 Å². The number of hydrogen-bond donors (Lipinski definition) is 2. The molecule has 1 aromatic carbocycles. The molecule has 1 aliphatic rings. The summed E-state index contributed by atoms with van der Waals surface area (Å²) in [6.45, 7) is 2.64. The molecular formula is C18H22N4O3. The standard InChI is InChI=1S/C18H22N4O3/c23-17(18(24)20-16-9-13-25-21-16)19-10-8-14-4-6-15(7-5-14)22-11-2-1-3-12-22/h4-7,9,13H,1-3,8,10-12H2,(H,19,23)(H,20,21,24). The Labute approximate surface area is 146 Å². The fraction of sp³-hybridized carbons (Fsp3) is 0.389. The summed E-state index contributed by atoms with van der Waals surface area (Å²) in [7, 11) is 0. The van der Waals surface area contributed by atoms with Crippen molar-refractivity contribution in [1.82, 2.24) is 10.5 Å². The predicted molar refractivity (Wildman–Crippen MR) is 94.4 cm³/mol. The Hall–Kier alpha value is -2.83. The first-order valence-corrected chi connectivity index (χ1v) is 8.56. The fourth-order valence-corrected chi connectivity index (χ4v) is 2.88. The van der Waals surface area contributed by atoms with Crippen LogP contribution in [0.1, 0.15) is 24.8 Å². The van der Waals surface area contributed by atoms with Gasteiger partial charge in [0.1, 0.15) is 6.26 Å². The van der Waals surface area contributed by atoms with E-state index in [0.717, 1.165) is 18.7 Å². The second-order valence-electron chi connectivity index (χ2n) is 6.06. The van der Waals surface area contributed by atoms with Gasteiger partial charge in [0.05, 0.1) is 0 Å². The van der Waals surface area contributed by atoms with Crippen molar-refractivity contribution in [2.45, 2.75) is 25.7 Å². The van der Waals surface area contributed by atoms with E-state index >= 15 is 0 Å². The Morgan fingerprint density at radius 3 is 2.48 bits per heavy atom. The summed E-state index contributed by atoms with van der Waals surface area (Å²) in [5.41, 5.74) is 2.37. The molecule has 0 radical (unpaired) electrons. The number of piperidine rings is 1. The SMILES string of the molecule is O=C(NCCc1ccc(N2CCCCC2)cc1)C(=O)Nc1ccon1. The second kappa shape index (κ2) is 8.32. The van der Waals surface area contributed by atoms with Crippen LogP contribution in [0.25, 0.3) is 0 Å². The van der Waals surface area contributed by atoms with Crippen LogP contribution in [-0.4, -0.2) is 36.6 Å². The van der Waals surface area contributed by atoms with Gasteiger partial charge in [-0.05, 0) is 43.4 Å². The average Bonchev–Trinajstić information content (AvgIpc) is 3.16. The van der Waals surface area contributed by atoms with E-state index in [1.807, 2.05) is 0 Å². The lowest BCUT2D eigenvalue weighted by molar-refractivity contribution is -0.136. The molecule has 2 amide bonds. The van der Waals surface area contributed by atoms with E-state index in [1.165, 1.54) is 37.3 Å². The molecule has 0 unspecified atom stereocenters. The zero-order valence-corrected chi connectivity index (χ0v) is 14.0. The van der Waals surface area contributed by atoms with Gasteiger partial charge in [-0.25, -0.2) is 0 Å². The average molecular weight is 342 g/mol. The smallest absolute Gasteiger partial charge is 0.314 e. The molecule has 0 saturated carbocycles. The Bertz CT molecular complexity index is 692. The molecule has 1 fully saturated rings. The Kier molecular flexibility index (Phi) is 5.66. The van der Waals surface area contributed by atoms with Gasteiger partial charge in [0.25, 0.3) is 0 Å². The van der Waals surface area contributed by atoms with Gasteiger partial charge in [-0.15, -0.1) is 0 Å². The fourth-order valence-electron chi connectivity index (χ4n) is 2.88. The van der Waals surface area contributed by atoms with Crippen molar-refractivity contribution in [3.63, 3.8) is 0 Å². The summed E-state index contributed by atoms with van der Waals surface area (Å²) < 4.78 is 4.59. The largest absolute Gasteiger partial charge is 0.372 e. The maximum atomic E-state index is 11.7. The van der Waals surface area contributed by atoms with Gasteiger partial charge < -0.3 is 14.7 Å². The summed E-state index contributed by atoms with van der Waals surface area (Å²) in [6.07, 6.45) is 5.82. The third-order valence-corrected chi connectivity index (χ3v) is 4.24. The molecule has 3 rings (SSSR count). The van der Waals surface area contributed by atoms with E-state index in [0.29, 0.717) is 13.0 Å². The van der Waals surface area contributed by atoms with E-state index in [9.17, 15) is 9.59 Å². The number of amides is 2. The number of nitrogens with zero attached hydrogens (tertiary/aromatic N) is 2. The van der Waals surface area contributed by atoms with E-state index in [1.54, 1.807) is 0 Å². The molecule has 0 aliphatic carbocycles. The normalized spacial score (nSPS) is 14.2. The van der Waals surface area contributed by atoms with Gasteiger partial charge in [0.15, 0.2) is 5.82 Å². The van der Waals surface area contributed by atoms with Crippen LogP contribution in [0.2, 0.25) is 0 Å². The Balaban J connectivity index is 1.42. The summed E-state index contributed by atoms with van der Waals surface area (Å²) in [5.74, 6) is -1.23. The maximum absolute atomic E-state index is 11.7. The highest BCUT2D eigenvalue weighted by atomic mass is 16.5. The third kappa shape index (κ3) is 4.82. The van der Waals surface area contributed by atoms with Crippen molar-refractivity contribution in [2.75, 3.05) is 29.9 Å². The lowest BCUT2D eigenvalue weighted by Crippen LogP contribution is -2.36. The topological polar surface area (TPSA) is 87.5 Å². The third-order valence-electron chi connectivity index (χ3n) is 4.24. The summed E-state index contributed by atoms with van der Waals surface area (Å²) >= 11 is 0. The molecule has 0 atom stereocenters. The summed E-state index contributed by atoms with van der Waals surface area (Å²) in [6, 6.07) is 9.87. The molecule has 7 nitrogen and oxygen atoms in total. The first kappa shape index (κ1) is 17.0. The van der Waals surface area contributed by atoms with E-state index < -0.39 is 11.8 Å². The van der Waals surface area contributed by atoms with Gasteiger partial charge in [0.2, 0.25) is 0 Å². The zero-order valence-electron chi connectivity index (χ0n) is 14.0. The number of carbonyl (C=O) groups is 2. The number of carbonyl (C=O) groups excluding carboxylic acids is 2. The van der Waals surface area contributed by atoms with Crippen molar-refractivity contribution in [1.29, 1.82) is 0 Å². The highest BCUT2D eigenvalue weighted by Crippen LogP contribution is 2.20. The van der Waals surface area contributed by atoms with Gasteiger partial charge in [-0.1, -0.05) is 17.3 Å². The molecule has 2 heterocycles. The Morgan fingerprint density at radius 1 is 1.04 bits per heavy atom. The Morgan fingerprint density at radius 2 is 1.80 bits per heavy atom. The molecule has 25 heavy (non-hydrogen) atoms. The number of hydrogen-bond acceptors (Lipinski definition) is 5. The van der Waals surface area contributed by atoms with Gasteiger partial charge in [-0.2, -0.15) is 0 Å². The second-order valence-corrected chi connectivity index (χ2v) is 6.06. The number of benzene rings is 1. The number of aromatic nitrogens is 1. The molecule has 2 aromatic rings. The lowest BCUT2D eigenvalue weighted by Gasteiger charge is -2.28. The van der Waals surface area contributed by atoms with Crippen molar-refractivity contribution in [2.24, 2.45) is 0 Å². The van der Waals surface area contributed by atoms with Crippen LogP contribution in [0.4, 0.5) is 11.5 Å². The summed E-state index contributed by atoms with van der Waals surface area (Å²) in [4.78, 5) is 25.8. The van der Waals surface area contributed by atoms with Crippen LogP contribution in [0.15, 0.2) is 41.1 Å². The number of nitrogens with one attached hydrogen (secondary N) is 2. The van der Waals surface area contributed by atoms with Crippen molar-refractivity contribution in [3.05, 3.63) is 42.2 Å². The first-order valence-electron chi connectivity index (χ1n) is 8.56. The minimum absolute atomic E-state index is 0.216. The highest BCUT2D eigenvalue weighted by molar-refractivity contribution is 6.39. The zero-order chi connectivity index (χ0) is 17.5. The quantitative estimate of drug-likeness (QED) is 0.811. The van der Waals surface area contributed by atoms with Crippen molar-refractivity contribution < 1.29 is 14.1 Å². The van der Waals surface area contributed by atoms with Crippen molar-refractivity contribution >= 4 is 23.3 Å². The molecule has 2 N–H and O–H groups in total. The molecule has 0 spiro atoms. The monoisotopic (exact) mass is 342 g/mol. The van der Waals surface area contributed by atoms with Crippen molar-refractivity contribution in [3.8, 4) is 0 Å². The van der Waals surface area contributed by atoms with Crippen LogP contribution >= 0.6 is 0 Å². The first-order chi connectivity index (χ1) is 12.2. The summed E-state index contributed by atoms with van der Waals surface area (Å²) in [5, 5.41) is 8.48. The van der Waals surface area contributed by atoms with E-state index in [-0.39, 0.29) is 5.82 Å². The maximum Gasteiger partial charge on any atom is 0.314 e. The van der Waals surface area contributed by atoms with Gasteiger partial charge in [0, 0.05) is 31.4 Å². The molecular weight excluding hydrogens is 320 g/mol. The highest BCUT2D eigenvalue weighted by Gasteiger charge is 2.14. The van der Waals surface area contributed by atoms with Gasteiger partial charge >= 0.3 is 11.8 Å². The van der Waals surface area contributed by atoms with E-state index in [2.05, 4.69) is 49.5 Å². The molecule has 7 heteroatoms. The molecule has 1 aromatic heterocycles. The van der Waals surface area contributed by atoms with E-state index in [4.69, 9.17) is 0 Å². The van der Waals surface area contributed by atoms with Crippen LogP contribution in [0.5, 0.6) is 0 Å².